The van der Waals surface area contributed by atoms with Crippen molar-refractivity contribution in [3.8, 4) is 0 Å². The third kappa shape index (κ3) is 4.07. The molecule has 2 amide bonds. The Labute approximate surface area is 151 Å². The minimum atomic E-state index is -0.104. The molecule has 2 N–H and O–H groups in total. The maximum Gasteiger partial charge on any atom is 0.315 e. The van der Waals surface area contributed by atoms with Gasteiger partial charge in [0.05, 0.1) is 24.5 Å². The van der Waals surface area contributed by atoms with E-state index in [1.165, 1.54) is 19.3 Å². The SMILES string of the molecule is O=C(NC1CCCCC1)N[C@H]1CO[C@H]2[C@@H]1OC[C@@H]2Sc1ncccn1. The molecule has 1 aromatic heterocycles. The Hall–Kier alpha value is -1.38. The van der Waals surface area contributed by atoms with Crippen molar-refractivity contribution in [1.82, 2.24) is 20.6 Å². The number of carbonyl (C=O) groups excluding carboxylic acids is 1. The molecular weight excluding hydrogens is 340 g/mol. The van der Waals surface area contributed by atoms with Crippen molar-refractivity contribution in [3.63, 3.8) is 0 Å². The van der Waals surface area contributed by atoms with Gasteiger partial charge in [0.2, 0.25) is 0 Å². The van der Waals surface area contributed by atoms with Gasteiger partial charge in [-0.2, -0.15) is 0 Å². The van der Waals surface area contributed by atoms with Crippen LogP contribution < -0.4 is 10.6 Å². The van der Waals surface area contributed by atoms with Gasteiger partial charge in [-0.1, -0.05) is 31.0 Å². The number of ether oxygens (including phenoxy) is 2. The van der Waals surface area contributed by atoms with Gasteiger partial charge in [-0.25, -0.2) is 14.8 Å². The quantitative estimate of drug-likeness (QED) is 0.792. The zero-order chi connectivity index (χ0) is 17.1. The van der Waals surface area contributed by atoms with E-state index in [1.54, 1.807) is 30.2 Å². The van der Waals surface area contributed by atoms with Crippen molar-refractivity contribution < 1.29 is 14.3 Å². The smallest absolute Gasteiger partial charge is 0.315 e. The van der Waals surface area contributed by atoms with Crippen LogP contribution in [0.2, 0.25) is 0 Å². The molecule has 8 heteroatoms. The number of fused-ring (bicyclic) bond motifs is 1. The first-order valence-electron chi connectivity index (χ1n) is 9.03. The molecule has 136 valence electrons. The molecule has 25 heavy (non-hydrogen) atoms. The van der Waals surface area contributed by atoms with Crippen molar-refractivity contribution in [2.45, 2.75) is 66.8 Å². The van der Waals surface area contributed by atoms with Gasteiger partial charge in [0.25, 0.3) is 0 Å². The van der Waals surface area contributed by atoms with E-state index in [-0.39, 0.29) is 29.5 Å². The number of hydrogen-bond donors (Lipinski definition) is 2. The van der Waals surface area contributed by atoms with Gasteiger partial charge < -0.3 is 20.1 Å². The fourth-order valence-electron chi connectivity index (χ4n) is 3.81. The van der Waals surface area contributed by atoms with E-state index in [9.17, 15) is 4.79 Å². The summed E-state index contributed by atoms with van der Waals surface area (Å²) in [6, 6.07) is 1.90. The zero-order valence-electron chi connectivity index (χ0n) is 14.1. The Balaban J connectivity index is 1.28. The Morgan fingerprint density at radius 3 is 2.60 bits per heavy atom. The minimum Gasteiger partial charge on any atom is -0.372 e. The standard InChI is InChI=1S/C17H24N4O3S/c22-16(20-11-5-2-1-3-6-11)21-12-9-23-15-13(10-24-14(12)15)25-17-18-7-4-8-19-17/h4,7-8,11-15H,1-3,5-6,9-10H2,(H2,20,21,22)/t12-,13-,14+,15+/m0/s1. The summed E-state index contributed by atoms with van der Waals surface area (Å²) >= 11 is 1.58. The van der Waals surface area contributed by atoms with E-state index in [0.29, 0.717) is 19.3 Å². The van der Waals surface area contributed by atoms with Crippen LogP contribution in [-0.2, 0) is 9.47 Å². The van der Waals surface area contributed by atoms with Crippen LogP contribution in [0.4, 0.5) is 4.79 Å². The van der Waals surface area contributed by atoms with Crippen LogP contribution in [-0.4, -0.2) is 58.8 Å². The molecule has 0 spiro atoms. The first-order valence-corrected chi connectivity index (χ1v) is 9.91. The first kappa shape index (κ1) is 17.1. The highest BCUT2D eigenvalue weighted by atomic mass is 32.2. The lowest BCUT2D eigenvalue weighted by Gasteiger charge is -2.24. The molecule has 1 aromatic rings. The second-order valence-electron chi connectivity index (χ2n) is 6.84. The molecule has 3 heterocycles. The van der Waals surface area contributed by atoms with Crippen molar-refractivity contribution in [2.24, 2.45) is 0 Å². The number of nitrogens with one attached hydrogen (secondary N) is 2. The molecule has 3 aliphatic rings. The van der Waals surface area contributed by atoms with Crippen LogP contribution in [0.5, 0.6) is 0 Å². The minimum absolute atomic E-state index is 0.0335. The Kier molecular flexibility index (Phi) is 5.38. The number of hydrogen-bond acceptors (Lipinski definition) is 6. The number of amides is 2. The monoisotopic (exact) mass is 364 g/mol. The lowest BCUT2D eigenvalue weighted by atomic mass is 9.96. The normalized spacial score (nSPS) is 32.3. The highest BCUT2D eigenvalue weighted by Crippen LogP contribution is 2.36. The molecule has 0 aromatic carbocycles. The third-order valence-corrected chi connectivity index (χ3v) is 6.19. The van der Waals surface area contributed by atoms with Gasteiger partial charge in [-0.05, 0) is 18.9 Å². The van der Waals surface area contributed by atoms with Crippen molar-refractivity contribution in [1.29, 1.82) is 0 Å². The molecule has 2 aliphatic heterocycles. The first-order chi connectivity index (χ1) is 12.3. The van der Waals surface area contributed by atoms with Crippen LogP contribution in [0.25, 0.3) is 0 Å². The molecule has 0 unspecified atom stereocenters. The second-order valence-corrected chi connectivity index (χ2v) is 8.05. The summed E-state index contributed by atoms with van der Waals surface area (Å²) in [6.45, 7) is 1.07. The Morgan fingerprint density at radius 1 is 1.04 bits per heavy atom. The molecule has 2 saturated heterocycles. The van der Waals surface area contributed by atoms with Gasteiger partial charge in [0, 0.05) is 18.4 Å². The highest BCUT2D eigenvalue weighted by Gasteiger charge is 2.48. The number of thioether (sulfide) groups is 1. The maximum absolute atomic E-state index is 12.3. The number of rotatable bonds is 4. The number of urea groups is 1. The molecule has 0 bridgehead atoms. The summed E-state index contributed by atoms with van der Waals surface area (Å²) in [7, 11) is 0. The fourth-order valence-corrected chi connectivity index (χ4v) is 4.84. The van der Waals surface area contributed by atoms with E-state index in [1.807, 2.05) is 0 Å². The van der Waals surface area contributed by atoms with Gasteiger partial charge in [0.1, 0.15) is 12.2 Å². The van der Waals surface area contributed by atoms with Crippen LogP contribution in [0.15, 0.2) is 23.6 Å². The van der Waals surface area contributed by atoms with E-state index in [2.05, 4.69) is 20.6 Å². The van der Waals surface area contributed by atoms with Gasteiger partial charge in [0.15, 0.2) is 5.16 Å². The topological polar surface area (TPSA) is 85.4 Å². The average Bonchev–Trinajstić information content (AvgIpc) is 3.21. The van der Waals surface area contributed by atoms with Gasteiger partial charge in [-0.3, -0.25) is 0 Å². The van der Waals surface area contributed by atoms with Gasteiger partial charge >= 0.3 is 6.03 Å². The highest BCUT2D eigenvalue weighted by molar-refractivity contribution is 7.99. The van der Waals surface area contributed by atoms with E-state index in [0.717, 1.165) is 18.0 Å². The second kappa shape index (κ2) is 7.88. The summed E-state index contributed by atoms with van der Waals surface area (Å²) in [5.74, 6) is 0. The van der Waals surface area contributed by atoms with Crippen molar-refractivity contribution in [2.75, 3.05) is 13.2 Å². The lowest BCUT2D eigenvalue weighted by molar-refractivity contribution is 0.0693. The van der Waals surface area contributed by atoms with Crippen molar-refractivity contribution in [3.05, 3.63) is 18.5 Å². The lowest BCUT2D eigenvalue weighted by Crippen LogP contribution is -2.51. The number of nitrogens with zero attached hydrogens (tertiary/aromatic N) is 2. The maximum atomic E-state index is 12.3. The molecular formula is C17H24N4O3S. The third-order valence-electron chi connectivity index (χ3n) is 5.06. The van der Waals surface area contributed by atoms with Crippen molar-refractivity contribution >= 4 is 17.8 Å². The van der Waals surface area contributed by atoms with E-state index >= 15 is 0 Å². The molecule has 4 rings (SSSR count). The summed E-state index contributed by atoms with van der Waals surface area (Å²) in [4.78, 5) is 20.8. The predicted octanol–water partition coefficient (Wildman–Crippen LogP) is 1.74. The number of aromatic nitrogens is 2. The summed E-state index contributed by atoms with van der Waals surface area (Å²) < 4.78 is 11.8. The Morgan fingerprint density at radius 2 is 1.80 bits per heavy atom. The van der Waals surface area contributed by atoms with E-state index in [4.69, 9.17) is 9.47 Å². The van der Waals surface area contributed by atoms with E-state index < -0.39 is 0 Å². The summed E-state index contributed by atoms with van der Waals surface area (Å²) in [5, 5.41) is 7.01. The zero-order valence-corrected chi connectivity index (χ0v) is 14.9. The predicted molar refractivity (Wildman–Crippen MR) is 93.5 cm³/mol. The molecule has 4 atom stereocenters. The van der Waals surface area contributed by atoms with Gasteiger partial charge in [-0.15, -0.1) is 0 Å². The van der Waals surface area contributed by atoms with Crippen LogP contribution in [0, 0.1) is 0 Å². The molecule has 3 fully saturated rings. The van der Waals surface area contributed by atoms with Crippen LogP contribution in [0.3, 0.4) is 0 Å². The largest absolute Gasteiger partial charge is 0.372 e. The Bertz CT molecular complexity index is 585. The molecule has 1 aliphatic carbocycles. The number of carbonyl (C=O) groups is 1. The van der Waals surface area contributed by atoms with Crippen LogP contribution >= 0.6 is 11.8 Å². The summed E-state index contributed by atoms with van der Waals surface area (Å²) in [6.07, 6.45) is 9.16. The molecule has 7 nitrogen and oxygen atoms in total. The summed E-state index contributed by atoms with van der Waals surface area (Å²) in [5.41, 5.74) is 0. The van der Waals surface area contributed by atoms with Crippen LogP contribution in [0.1, 0.15) is 32.1 Å². The fraction of sp³-hybridized carbons (Fsp3) is 0.706. The average molecular weight is 364 g/mol. The molecule has 0 radical (unpaired) electrons. The molecule has 1 saturated carbocycles.